The van der Waals surface area contributed by atoms with E-state index in [-0.39, 0.29) is 15.7 Å². The van der Waals surface area contributed by atoms with Gasteiger partial charge in [0.25, 0.3) is 0 Å². The van der Waals surface area contributed by atoms with Gasteiger partial charge in [0.1, 0.15) is 4.88 Å². The number of hydrogen-bond donors (Lipinski definition) is 0. The van der Waals surface area contributed by atoms with Crippen LogP contribution in [0.25, 0.3) is 11.1 Å². The van der Waals surface area contributed by atoms with Gasteiger partial charge in [-0.25, -0.2) is 4.79 Å². The van der Waals surface area contributed by atoms with Crippen LogP contribution in [0.15, 0.2) is 54.6 Å². The lowest BCUT2D eigenvalue weighted by Gasteiger charge is -2.06. The highest BCUT2D eigenvalue weighted by atomic mass is 32.1. The molecule has 134 valence electrons. The highest BCUT2D eigenvalue weighted by Crippen LogP contribution is 2.36. The third-order valence-electron chi connectivity index (χ3n) is 4.43. The van der Waals surface area contributed by atoms with Gasteiger partial charge in [0.05, 0.1) is 4.92 Å². The quantitative estimate of drug-likeness (QED) is 0.224. The van der Waals surface area contributed by atoms with E-state index < -0.39 is 17.5 Å². The number of nitrogens with zero attached hydrogens (tertiary/aromatic N) is 1. The van der Waals surface area contributed by atoms with Crippen LogP contribution in [0.3, 0.4) is 0 Å². The number of ether oxygens (including phenoxy) is 1. The van der Waals surface area contributed by atoms with E-state index in [0.717, 1.165) is 34.4 Å². The van der Waals surface area contributed by atoms with Crippen LogP contribution in [0.4, 0.5) is 5.00 Å². The average Bonchev–Trinajstić information content (AvgIpc) is 3.30. The SMILES string of the molecule is O=C(COC(=O)c1ccc([N+](=O)[O-])s1)c1ccc2c(c1)-c1ccccc1C2. The Morgan fingerprint density at radius 2 is 1.81 bits per heavy atom. The van der Waals surface area contributed by atoms with Crippen LogP contribution >= 0.6 is 11.3 Å². The summed E-state index contributed by atoms with van der Waals surface area (Å²) in [4.78, 5) is 34.6. The van der Waals surface area contributed by atoms with Gasteiger partial charge in [-0.1, -0.05) is 47.7 Å². The molecule has 0 saturated carbocycles. The molecule has 0 saturated heterocycles. The van der Waals surface area contributed by atoms with E-state index in [0.29, 0.717) is 5.56 Å². The Hall–Kier alpha value is -3.32. The van der Waals surface area contributed by atoms with Crippen molar-refractivity contribution in [2.45, 2.75) is 6.42 Å². The number of benzene rings is 2. The van der Waals surface area contributed by atoms with E-state index in [1.807, 2.05) is 30.3 Å². The highest BCUT2D eigenvalue weighted by Gasteiger charge is 2.21. The zero-order valence-electron chi connectivity index (χ0n) is 14.0. The molecule has 0 radical (unpaired) electrons. The van der Waals surface area contributed by atoms with Gasteiger partial charge in [-0.2, -0.15) is 0 Å². The lowest BCUT2D eigenvalue weighted by Crippen LogP contribution is -2.13. The maximum atomic E-state index is 12.4. The highest BCUT2D eigenvalue weighted by molar-refractivity contribution is 7.17. The normalized spacial score (nSPS) is 11.6. The number of carbonyl (C=O) groups excluding carboxylic acids is 2. The molecule has 2 aromatic carbocycles. The summed E-state index contributed by atoms with van der Waals surface area (Å²) in [5, 5.41) is 10.5. The first-order chi connectivity index (χ1) is 13.0. The molecule has 0 aliphatic heterocycles. The predicted molar refractivity (Wildman–Crippen MR) is 100 cm³/mol. The first-order valence-corrected chi connectivity index (χ1v) is 9.00. The Balaban J connectivity index is 1.47. The van der Waals surface area contributed by atoms with Crippen molar-refractivity contribution in [1.82, 2.24) is 0 Å². The standard InChI is InChI=1S/C20H13NO5S/c22-17(11-26-20(23)18-7-8-19(27-18)21(24)25)14-6-5-13-9-12-3-1-2-4-15(12)16(13)10-14/h1-8,10H,9,11H2. The van der Waals surface area contributed by atoms with Gasteiger partial charge in [-0.15, -0.1) is 0 Å². The van der Waals surface area contributed by atoms with Crippen molar-refractivity contribution < 1.29 is 19.2 Å². The number of fused-ring (bicyclic) bond motifs is 3. The summed E-state index contributed by atoms with van der Waals surface area (Å²) in [6.07, 6.45) is 0.839. The van der Waals surface area contributed by atoms with Gasteiger partial charge in [0.15, 0.2) is 12.4 Å². The molecule has 27 heavy (non-hydrogen) atoms. The van der Waals surface area contributed by atoms with Crippen molar-refractivity contribution >= 4 is 28.1 Å². The Morgan fingerprint density at radius 1 is 1.04 bits per heavy atom. The minimum Gasteiger partial charge on any atom is -0.453 e. The average molecular weight is 379 g/mol. The van der Waals surface area contributed by atoms with Crippen molar-refractivity contribution in [3.05, 3.63) is 86.3 Å². The van der Waals surface area contributed by atoms with Gasteiger partial charge < -0.3 is 4.74 Å². The second-order valence-electron chi connectivity index (χ2n) is 6.10. The number of nitro groups is 1. The predicted octanol–water partition coefficient (Wildman–Crippen LogP) is 4.27. The first kappa shape index (κ1) is 17.1. The maximum absolute atomic E-state index is 12.4. The van der Waals surface area contributed by atoms with Crippen molar-refractivity contribution in [3.63, 3.8) is 0 Å². The molecule has 7 heteroatoms. The summed E-state index contributed by atoms with van der Waals surface area (Å²) in [6, 6.07) is 16.1. The molecule has 0 unspecified atom stereocenters. The topological polar surface area (TPSA) is 86.5 Å². The smallest absolute Gasteiger partial charge is 0.349 e. The summed E-state index contributed by atoms with van der Waals surface area (Å²) in [5.74, 6) is -1.06. The third kappa shape index (κ3) is 3.24. The maximum Gasteiger partial charge on any atom is 0.349 e. The van der Waals surface area contributed by atoms with Crippen LogP contribution in [0.5, 0.6) is 0 Å². The second-order valence-corrected chi connectivity index (χ2v) is 7.16. The Kier molecular flexibility index (Phi) is 4.29. The number of Topliss-reactive ketones (excluding diaryl/α,β-unsaturated/α-hetero) is 1. The second kappa shape index (κ2) is 6.77. The minimum atomic E-state index is -0.743. The van der Waals surface area contributed by atoms with E-state index in [1.165, 1.54) is 17.7 Å². The van der Waals surface area contributed by atoms with Gasteiger partial charge in [-0.3, -0.25) is 14.9 Å². The molecule has 4 rings (SSSR count). The largest absolute Gasteiger partial charge is 0.453 e. The van der Waals surface area contributed by atoms with E-state index in [1.54, 1.807) is 6.07 Å². The van der Waals surface area contributed by atoms with Crippen molar-refractivity contribution in [3.8, 4) is 11.1 Å². The van der Waals surface area contributed by atoms with Gasteiger partial charge in [0.2, 0.25) is 0 Å². The van der Waals surface area contributed by atoms with Gasteiger partial charge >= 0.3 is 11.0 Å². The lowest BCUT2D eigenvalue weighted by atomic mass is 10.0. The summed E-state index contributed by atoms with van der Waals surface area (Å²) in [5.41, 5.74) is 5.00. The van der Waals surface area contributed by atoms with Crippen molar-refractivity contribution in [1.29, 1.82) is 0 Å². The molecule has 0 bridgehead atoms. The fourth-order valence-corrected chi connectivity index (χ4v) is 3.83. The van der Waals surface area contributed by atoms with E-state index in [2.05, 4.69) is 6.07 Å². The molecule has 1 heterocycles. The molecular formula is C20H13NO5S. The molecular weight excluding hydrogens is 366 g/mol. The third-order valence-corrected chi connectivity index (χ3v) is 5.44. The van der Waals surface area contributed by atoms with Gasteiger partial charge in [0, 0.05) is 11.6 Å². The molecule has 6 nitrogen and oxygen atoms in total. The van der Waals surface area contributed by atoms with Crippen LogP contribution in [0.2, 0.25) is 0 Å². The lowest BCUT2D eigenvalue weighted by molar-refractivity contribution is -0.380. The molecule has 0 amide bonds. The van der Waals surface area contributed by atoms with Crippen LogP contribution in [-0.4, -0.2) is 23.3 Å². The number of thiophene rings is 1. The molecule has 1 aromatic heterocycles. The van der Waals surface area contributed by atoms with Crippen LogP contribution in [-0.2, 0) is 11.2 Å². The Morgan fingerprint density at radius 3 is 2.59 bits per heavy atom. The van der Waals surface area contributed by atoms with Gasteiger partial charge in [-0.05, 0) is 40.8 Å². The fraction of sp³-hybridized carbons (Fsp3) is 0.100. The van der Waals surface area contributed by atoms with Crippen molar-refractivity contribution in [2.24, 2.45) is 0 Å². The van der Waals surface area contributed by atoms with Crippen molar-refractivity contribution in [2.75, 3.05) is 6.61 Å². The zero-order valence-corrected chi connectivity index (χ0v) is 14.8. The van der Waals surface area contributed by atoms with E-state index >= 15 is 0 Å². The summed E-state index contributed by atoms with van der Waals surface area (Å²) >= 11 is 0.720. The molecule has 1 aliphatic rings. The number of carbonyl (C=O) groups is 2. The molecule has 0 N–H and O–H groups in total. The van der Waals surface area contributed by atoms with E-state index in [4.69, 9.17) is 4.74 Å². The number of hydrogen-bond acceptors (Lipinski definition) is 6. The van der Waals surface area contributed by atoms with Crippen LogP contribution < -0.4 is 0 Å². The summed E-state index contributed by atoms with van der Waals surface area (Å²) in [6.45, 7) is -0.412. The molecule has 0 fully saturated rings. The Bertz CT molecular complexity index is 1090. The van der Waals surface area contributed by atoms with E-state index in [9.17, 15) is 19.7 Å². The summed E-state index contributed by atoms with van der Waals surface area (Å²) in [7, 11) is 0. The summed E-state index contributed by atoms with van der Waals surface area (Å²) < 4.78 is 5.03. The molecule has 0 atom stereocenters. The molecule has 0 spiro atoms. The number of esters is 1. The Labute approximate surface area is 158 Å². The zero-order chi connectivity index (χ0) is 19.0. The fourth-order valence-electron chi connectivity index (χ4n) is 3.12. The first-order valence-electron chi connectivity index (χ1n) is 8.18. The number of ketones is 1. The minimum absolute atomic E-state index is 0.0948. The molecule has 3 aromatic rings. The number of rotatable bonds is 5. The monoisotopic (exact) mass is 379 g/mol. The molecule has 1 aliphatic carbocycles. The van der Waals surface area contributed by atoms with Crippen LogP contribution in [0, 0.1) is 10.1 Å². The van der Waals surface area contributed by atoms with Crippen LogP contribution in [0.1, 0.15) is 31.2 Å².